The SMILES string of the molecule is COc1cc(Br)c(CCNC(=O)c2ccc(-n3cnnn3)cc2)cc1OC. The number of carbonyl (C=O) groups is 1. The van der Waals surface area contributed by atoms with Gasteiger partial charge < -0.3 is 14.8 Å². The summed E-state index contributed by atoms with van der Waals surface area (Å²) in [4.78, 5) is 12.3. The first-order valence-electron chi connectivity index (χ1n) is 8.14. The molecule has 1 heterocycles. The van der Waals surface area contributed by atoms with Gasteiger partial charge in [-0.1, -0.05) is 15.9 Å². The molecule has 0 radical (unpaired) electrons. The number of methoxy groups -OCH3 is 2. The number of nitrogens with one attached hydrogen (secondary N) is 1. The first-order chi connectivity index (χ1) is 13.1. The number of benzene rings is 2. The molecule has 0 spiro atoms. The summed E-state index contributed by atoms with van der Waals surface area (Å²) in [5, 5.41) is 13.9. The fourth-order valence-electron chi connectivity index (χ4n) is 2.55. The highest BCUT2D eigenvalue weighted by molar-refractivity contribution is 9.10. The number of hydrogen-bond acceptors (Lipinski definition) is 6. The number of amides is 1. The van der Waals surface area contributed by atoms with Gasteiger partial charge in [-0.3, -0.25) is 4.79 Å². The molecule has 0 unspecified atom stereocenters. The molecule has 0 atom stereocenters. The number of halogens is 1. The first-order valence-corrected chi connectivity index (χ1v) is 8.93. The van der Waals surface area contributed by atoms with Crippen LogP contribution in [0.25, 0.3) is 5.69 Å². The predicted octanol–water partition coefficient (Wildman–Crippen LogP) is 2.41. The van der Waals surface area contributed by atoms with Crippen LogP contribution in [0.3, 0.4) is 0 Å². The molecule has 0 aliphatic carbocycles. The minimum atomic E-state index is -0.144. The van der Waals surface area contributed by atoms with Crippen molar-refractivity contribution in [1.82, 2.24) is 25.5 Å². The summed E-state index contributed by atoms with van der Waals surface area (Å²) in [6.45, 7) is 0.488. The van der Waals surface area contributed by atoms with Crippen molar-refractivity contribution in [3.63, 3.8) is 0 Å². The number of ether oxygens (including phenoxy) is 2. The lowest BCUT2D eigenvalue weighted by molar-refractivity contribution is 0.0954. The third-order valence-electron chi connectivity index (χ3n) is 3.98. The van der Waals surface area contributed by atoms with Crippen LogP contribution in [0.5, 0.6) is 11.5 Å². The van der Waals surface area contributed by atoms with E-state index in [0.29, 0.717) is 30.0 Å². The van der Waals surface area contributed by atoms with Crippen molar-refractivity contribution in [2.24, 2.45) is 0 Å². The van der Waals surface area contributed by atoms with Gasteiger partial charge in [0.2, 0.25) is 0 Å². The molecule has 1 N–H and O–H groups in total. The van der Waals surface area contributed by atoms with Crippen molar-refractivity contribution in [3.05, 3.63) is 58.3 Å². The van der Waals surface area contributed by atoms with Gasteiger partial charge in [0, 0.05) is 16.6 Å². The highest BCUT2D eigenvalue weighted by Crippen LogP contribution is 2.33. The number of rotatable bonds is 7. The van der Waals surface area contributed by atoms with Gasteiger partial charge in [0.05, 0.1) is 19.9 Å². The molecule has 1 amide bonds. The predicted molar refractivity (Wildman–Crippen MR) is 102 cm³/mol. The van der Waals surface area contributed by atoms with Crippen molar-refractivity contribution in [2.75, 3.05) is 20.8 Å². The summed E-state index contributed by atoms with van der Waals surface area (Å²) in [5.74, 6) is 1.16. The van der Waals surface area contributed by atoms with Crippen LogP contribution in [0.1, 0.15) is 15.9 Å². The van der Waals surface area contributed by atoms with Crippen molar-refractivity contribution >= 4 is 21.8 Å². The second-order valence-electron chi connectivity index (χ2n) is 5.61. The van der Waals surface area contributed by atoms with E-state index in [1.807, 2.05) is 12.1 Å². The quantitative estimate of drug-likeness (QED) is 0.617. The van der Waals surface area contributed by atoms with E-state index in [0.717, 1.165) is 15.7 Å². The fraction of sp³-hybridized carbons (Fsp3) is 0.222. The molecule has 2 aromatic carbocycles. The number of carbonyl (C=O) groups excluding carboxylic acids is 1. The molecule has 0 fully saturated rings. The number of aromatic nitrogens is 4. The van der Waals surface area contributed by atoms with E-state index in [1.165, 1.54) is 11.0 Å². The molecule has 0 aliphatic heterocycles. The zero-order valence-corrected chi connectivity index (χ0v) is 16.4. The van der Waals surface area contributed by atoms with Crippen LogP contribution in [0.2, 0.25) is 0 Å². The lowest BCUT2D eigenvalue weighted by atomic mass is 10.1. The number of hydrogen-bond donors (Lipinski definition) is 1. The third kappa shape index (κ3) is 4.43. The minimum Gasteiger partial charge on any atom is -0.493 e. The maximum atomic E-state index is 12.3. The molecule has 3 aromatic rings. The first kappa shape index (κ1) is 18.8. The Hall–Kier alpha value is -2.94. The summed E-state index contributed by atoms with van der Waals surface area (Å²) in [6, 6.07) is 10.8. The minimum absolute atomic E-state index is 0.144. The Labute approximate surface area is 164 Å². The summed E-state index contributed by atoms with van der Waals surface area (Å²) < 4.78 is 13.0. The van der Waals surface area contributed by atoms with Crippen molar-refractivity contribution in [2.45, 2.75) is 6.42 Å². The average Bonchev–Trinajstić information content (AvgIpc) is 3.23. The van der Waals surface area contributed by atoms with E-state index in [2.05, 4.69) is 36.8 Å². The van der Waals surface area contributed by atoms with E-state index in [4.69, 9.17) is 9.47 Å². The van der Waals surface area contributed by atoms with Crippen molar-refractivity contribution in [3.8, 4) is 17.2 Å². The van der Waals surface area contributed by atoms with E-state index in [9.17, 15) is 4.79 Å². The molecule has 3 rings (SSSR count). The Morgan fingerprint density at radius 2 is 1.85 bits per heavy atom. The van der Waals surface area contributed by atoms with E-state index >= 15 is 0 Å². The summed E-state index contributed by atoms with van der Waals surface area (Å²) in [7, 11) is 3.19. The Kier molecular flexibility index (Phi) is 6.02. The van der Waals surface area contributed by atoms with Gasteiger partial charge >= 0.3 is 0 Å². The van der Waals surface area contributed by atoms with Gasteiger partial charge in [0.25, 0.3) is 5.91 Å². The van der Waals surface area contributed by atoms with E-state index < -0.39 is 0 Å². The lowest BCUT2D eigenvalue weighted by Crippen LogP contribution is -2.25. The summed E-state index contributed by atoms with van der Waals surface area (Å²) in [6.07, 6.45) is 2.14. The van der Waals surface area contributed by atoms with Crippen LogP contribution in [-0.4, -0.2) is 46.9 Å². The summed E-state index contributed by atoms with van der Waals surface area (Å²) >= 11 is 3.52. The molecule has 140 valence electrons. The maximum absolute atomic E-state index is 12.3. The molecular formula is C18H18BrN5O3. The molecule has 0 bridgehead atoms. The van der Waals surface area contributed by atoms with Crippen LogP contribution >= 0.6 is 15.9 Å². The molecular weight excluding hydrogens is 414 g/mol. The molecule has 8 nitrogen and oxygen atoms in total. The normalized spacial score (nSPS) is 10.5. The van der Waals surface area contributed by atoms with Gasteiger partial charge in [0.1, 0.15) is 6.33 Å². The lowest BCUT2D eigenvalue weighted by Gasteiger charge is -2.12. The largest absolute Gasteiger partial charge is 0.493 e. The average molecular weight is 432 g/mol. The fourth-order valence-corrected chi connectivity index (χ4v) is 3.07. The molecule has 27 heavy (non-hydrogen) atoms. The Balaban J connectivity index is 1.60. The molecule has 1 aromatic heterocycles. The van der Waals surface area contributed by atoms with Gasteiger partial charge in [0.15, 0.2) is 11.5 Å². The third-order valence-corrected chi connectivity index (χ3v) is 4.71. The van der Waals surface area contributed by atoms with E-state index in [-0.39, 0.29) is 5.91 Å². The molecule has 0 aliphatic rings. The van der Waals surface area contributed by atoms with Gasteiger partial charge in [-0.2, -0.15) is 0 Å². The number of tetrazole rings is 1. The standard InChI is InChI=1S/C18H18BrN5O3/c1-26-16-9-13(15(19)10-17(16)27-2)7-8-20-18(25)12-3-5-14(6-4-12)24-11-21-22-23-24/h3-6,9-11H,7-8H2,1-2H3,(H,20,25). The second-order valence-corrected chi connectivity index (χ2v) is 6.46. The van der Waals surface area contributed by atoms with Crippen LogP contribution in [0.15, 0.2) is 47.2 Å². The maximum Gasteiger partial charge on any atom is 0.251 e. The van der Waals surface area contributed by atoms with E-state index in [1.54, 1.807) is 38.5 Å². The molecule has 0 saturated heterocycles. The van der Waals surface area contributed by atoms with Crippen LogP contribution < -0.4 is 14.8 Å². The monoisotopic (exact) mass is 431 g/mol. The zero-order chi connectivity index (χ0) is 19.2. The van der Waals surface area contributed by atoms with Crippen LogP contribution in [0, 0.1) is 0 Å². The topological polar surface area (TPSA) is 91.2 Å². The smallest absolute Gasteiger partial charge is 0.251 e. The highest BCUT2D eigenvalue weighted by atomic mass is 79.9. The molecule has 0 saturated carbocycles. The van der Waals surface area contributed by atoms with Crippen molar-refractivity contribution in [1.29, 1.82) is 0 Å². The van der Waals surface area contributed by atoms with Crippen molar-refractivity contribution < 1.29 is 14.3 Å². The highest BCUT2D eigenvalue weighted by Gasteiger charge is 2.11. The van der Waals surface area contributed by atoms with Crippen LogP contribution in [0.4, 0.5) is 0 Å². The van der Waals surface area contributed by atoms with Gasteiger partial charge in [-0.05, 0) is 58.8 Å². The van der Waals surface area contributed by atoms with Crippen LogP contribution in [-0.2, 0) is 6.42 Å². The Morgan fingerprint density at radius 3 is 2.48 bits per heavy atom. The second kappa shape index (κ2) is 8.63. The van der Waals surface area contributed by atoms with Gasteiger partial charge in [-0.25, -0.2) is 4.68 Å². The number of nitrogens with zero attached hydrogens (tertiary/aromatic N) is 4. The zero-order valence-electron chi connectivity index (χ0n) is 14.8. The summed E-state index contributed by atoms with van der Waals surface area (Å²) in [5.41, 5.74) is 2.37. The van der Waals surface area contributed by atoms with Gasteiger partial charge in [-0.15, -0.1) is 5.10 Å². The Bertz CT molecular complexity index is 914. The Morgan fingerprint density at radius 1 is 1.15 bits per heavy atom. The molecule has 9 heteroatoms.